The summed E-state index contributed by atoms with van der Waals surface area (Å²) < 4.78 is 17.5. The Morgan fingerprint density at radius 2 is 2.03 bits per heavy atom. The van der Waals surface area contributed by atoms with E-state index in [2.05, 4.69) is 39.8 Å². The van der Waals surface area contributed by atoms with Crippen LogP contribution in [0.3, 0.4) is 0 Å². The van der Waals surface area contributed by atoms with Gasteiger partial charge in [-0.25, -0.2) is 0 Å². The number of aryl methyl sites for hydroxylation is 1. The van der Waals surface area contributed by atoms with Gasteiger partial charge in [0.1, 0.15) is 0 Å². The van der Waals surface area contributed by atoms with E-state index in [4.69, 9.17) is 9.52 Å². The van der Waals surface area contributed by atoms with Crippen LogP contribution in [0.2, 0.25) is 0 Å². The molecule has 0 aliphatic heterocycles. The molecule has 0 amide bonds. The molecule has 1 aliphatic carbocycles. The van der Waals surface area contributed by atoms with Gasteiger partial charge in [0.25, 0.3) is 5.89 Å². The molecule has 0 bridgehead atoms. The highest BCUT2D eigenvalue weighted by molar-refractivity contribution is 7.85. The van der Waals surface area contributed by atoms with Gasteiger partial charge in [0.2, 0.25) is 0 Å². The molecule has 3 rings (SSSR count). The minimum absolute atomic E-state index is 0.310. The van der Waals surface area contributed by atoms with Gasteiger partial charge in [-0.3, -0.25) is 9.20 Å². The first-order valence-electron chi connectivity index (χ1n) is 11.5. The zero-order valence-corrected chi connectivity index (χ0v) is 19.7. The highest BCUT2D eigenvalue weighted by atomic mass is 32.2. The van der Waals surface area contributed by atoms with Crippen LogP contribution < -0.4 is 10.6 Å². The summed E-state index contributed by atoms with van der Waals surface area (Å²) in [5, 5.41) is 11.2. The molecule has 1 aromatic heterocycles. The standard InChI is InChI=1S/C23H35N5O2S/c1-4-21-27-22(30-28-21)18-12-10-17(11-13-18)14-15-25-23(24-5-2)26-19-8-7-9-20(16-19)31(29)6-3/h10-13,19-20H,4-9,14-16H2,1-3H3,(H2,24,25,26). The largest absolute Gasteiger partial charge is 0.357 e. The van der Waals surface area contributed by atoms with Crippen molar-refractivity contribution >= 4 is 16.8 Å². The summed E-state index contributed by atoms with van der Waals surface area (Å²) in [6.07, 6.45) is 5.89. The molecule has 0 saturated heterocycles. The van der Waals surface area contributed by atoms with Gasteiger partial charge < -0.3 is 15.2 Å². The lowest BCUT2D eigenvalue weighted by atomic mass is 9.95. The number of guanidine groups is 1. The molecule has 3 unspecified atom stereocenters. The first kappa shape index (κ1) is 23.4. The van der Waals surface area contributed by atoms with Crippen LogP contribution in [0, 0.1) is 0 Å². The molecule has 1 aromatic carbocycles. The minimum Gasteiger partial charge on any atom is -0.357 e. The van der Waals surface area contributed by atoms with Crippen LogP contribution in [0.4, 0.5) is 0 Å². The smallest absolute Gasteiger partial charge is 0.257 e. The fourth-order valence-corrected chi connectivity index (χ4v) is 5.24. The van der Waals surface area contributed by atoms with Gasteiger partial charge in [0.05, 0.1) is 0 Å². The number of aromatic nitrogens is 2. The van der Waals surface area contributed by atoms with Crippen molar-refractivity contribution in [2.75, 3.05) is 18.8 Å². The van der Waals surface area contributed by atoms with Crippen molar-refractivity contribution in [3.05, 3.63) is 35.7 Å². The summed E-state index contributed by atoms with van der Waals surface area (Å²) in [4.78, 5) is 9.14. The Labute approximate surface area is 188 Å². The molecule has 2 aromatic rings. The summed E-state index contributed by atoms with van der Waals surface area (Å²) in [6.45, 7) is 7.62. The van der Waals surface area contributed by atoms with Gasteiger partial charge >= 0.3 is 0 Å². The fourth-order valence-electron chi connectivity index (χ4n) is 3.89. The van der Waals surface area contributed by atoms with E-state index in [-0.39, 0.29) is 0 Å². The van der Waals surface area contributed by atoms with E-state index in [1.807, 2.05) is 26.0 Å². The van der Waals surface area contributed by atoms with E-state index < -0.39 is 10.8 Å². The zero-order chi connectivity index (χ0) is 22.1. The van der Waals surface area contributed by atoms with Gasteiger partial charge in [-0.1, -0.05) is 37.6 Å². The number of nitrogens with one attached hydrogen (secondary N) is 2. The fraction of sp³-hybridized carbons (Fsp3) is 0.609. The molecular formula is C23H35N5O2S. The Bertz CT molecular complexity index is 865. The Balaban J connectivity index is 1.53. The predicted octanol–water partition coefficient (Wildman–Crippen LogP) is 3.48. The molecular weight excluding hydrogens is 410 g/mol. The molecule has 0 spiro atoms. The first-order chi connectivity index (χ1) is 15.1. The lowest BCUT2D eigenvalue weighted by molar-refractivity contribution is 0.413. The molecule has 3 atom stereocenters. The lowest BCUT2D eigenvalue weighted by Crippen LogP contribution is -2.46. The Hall–Kier alpha value is -2.22. The number of hydrogen-bond donors (Lipinski definition) is 2. The van der Waals surface area contributed by atoms with Gasteiger partial charge in [-0.05, 0) is 50.3 Å². The maximum atomic E-state index is 12.2. The summed E-state index contributed by atoms with van der Waals surface area (Å²) in [5.41, 5.74) is 2.15. The highest BCUT2D eigenvalue weighted by Crippen LogP contribution is 2.23. The van der Waals surface area contributed by atoms with Crippen LogP contribution in [0.25, 0.3) is 11.5 Å². The number of hydrogen-bond acceptors (Lipinski definition) is 5. The van der Waals surface area contributed by atoms with Crippen molar-refractivity contribution in [3.63, 3.8) is 0 Å². The van der Waals surface area contributed by atoms with E-state index >= 15 is 0 Å². The molecule has 31 heavy (non-hydrogen) atoms. The van der Waals surface area contributed by atoms with Crippen molar-refractivity contribution in [3.8, 4) is 11.5 Å². The van der Waals surface area contributed by atoms with E-state index in [1.54, 1.807) is 0 Å². The third-order valence-electron chi connectivity index (χ3n) is 5.62. The Morgan fingerprint density at radius 1 is 1.23 bits per heavy atom. The van der Waals surface area contributed by atoms with Crippen LogP contribution in [0.5, 0.6) is 0 Å². The number of nitrogens with zero attached hydrogens (tertiary/aromatic N) is 3. The van der Waals surface area contributed by atoms with Crippen molar-refractivity contribution < 1.29 is 8.73 Å². The molecule has 1 heterocycles. The normalized spacial score (nSPS) is 20.4. The number of benzene rings is 1. The van der Waals surface area contributed by atoms with Crippen LogP contribution in [-0.2, 0) is 23.6 Å². The van der Waals surface area contributed by atoms with Crippen LogP contribution in [0.1, 0.15) is 57.8 Å². The van der Waals surface area contributed by atoms with Crippen molar-refractivity contribution in [2.24, 2.45) is 4.99 Å². The lowest BCUT2D eigenvalue weighted by Gasteiger charge is -2.30. The monoisotopic (exact) mass is 445 g/mol. The summed E-state index contributed by atoms with van der Waals surface area (Å²) in [6, 6.07) is 8.56. The van der Waals surface area contributed by atoms with Gasteiger partial charge in [-0.15, -0.1) is 0 Å². The van der Waals surface area contributed by atoms with E-state index in [1.165, 1.54) is 5.56 Å². The van der Waals surface area contributed by atoms with Crippen LogP contribution >= 0.6 is 0 Å². The second-order valence-corrected chi connectivity index (χ2v) is 9.88. The average Bonchev–Trinajstić information content (AvgIpc) is 3.29. The predicted molar refractivity (Wildman–Crippen MR) is 127 cm³/mol. The SMILES string of the molecule is CCNC(=NCCc1ccc(-c2nc(CC)no2)cc1)NC1CCCC(S(=O)CC)C1. The van der Waals surface area contributed by atoms with E-state index in [0.717, 1.165) is 68.2 Å². The van der Waals surface area contributed by atoms with Gasteiger partial charge in [-0.2, -0.15) is 4.98 Å². The zero-order valence-electron chi connectivity index (χ0n) is 18.9. The Morgan fingerprint density at radius 3 is 2.71 bits per heavy atom. The molecule has 170 valence electrons. The van der Waals surface area contributed by atoms with E-state index in [0.29, 0.717) is 23.7 Å². The van der Waals surface area contributed by atoms with Crippen molar-refractivity contribution in [1.82, 2.24) is 20.8 Å². The van der Waals surface area contributed by atoms with Crippen LogP contribution in [-0.4, -0.2) is 50.4 Å². The van der Waals surface area contributed by atoms with Crippen molar-refractivity contribution in [2.45, 2.75) is 70.6 Å². The van der Waals surface area contributed by atoms with Crippen molar-refractivity contribution in [1.29, 1.82) is 0 Å². The molecule has 0 radical (unpaired) electrons. The molecule has 8 heteroatoms. The quantitative estimate of drug-likeness (QED) is 0.453. The third kappa shape index (κ3) is 6.89. The minimum atomic E-state index is -0.714. The molecule has 1 fully saturated rings. The third-order valence-corrected chi connectivity index (χ3v) is 7.36. The number of rotatable bonds is 9. The summed E-state index contributed by atoms with van der Waals surface area (Å²) in [7, 11) is -0.714. The molecule has 1 aliphatic rings. The first-order valence-corrected chi connectivity index (χ1v) is 12.8. The molecule has 7 nitrogen and oxygen atoms in total. The van der Waals surface area contributed by atoms with Gasteiger partial charge in [0.15, 0.2) is 11.8 Å². The second-order valence-electron chi connectivity index (χ2n) is 7.88. The Kier molecular flexibility index (Phi) is 9.06. The maximum Gasteiger partial charge on any atom is 0.257 e. The molecule has 1 saturated carbocycles. The second kappa shape index (κ2) is 12.0. The maximum absolute atomic E-state index is 12.2. The van der Waals surface area contributed by atoms with Gasteiger partial charge in [0, 0.05) is 52.9 Å². The van der Waals surface area contributed by atoms with Crippen LogP contribution in [0.15, 0.2) is 33.8 Å². The average molecular weight is 446 g/mol. The topological polar surface area (TPSA) is 92.4 Å². The summed E-state index contributed by atoms with van der Waals surface area (Å²) in [5.74, 6) is 2.89. The summed E-state index contributed by atoms with van der Waals surface area (Å²) >= 11 is 0. The molecule has 2 N–H and O–H groups in total. The highest BCUT2D eigenvalue weighted by Gasteiger charge is 2.26. The number of aliphatic imine (C=N–C) groups is 1. The van der Waals surface area contributed by atoms with E-state index in [9.17, 15) is 4.21 Å².